The SMILES string of the molecule is CCCOC(OCCC)O[SiH2]CCCCOCC1CO1. The second-order valence-electron chi connectivity index (χ2n) is 4.99. The molecule has 0 aromatic rings. The molecule has 0 radical (unpaired) electrons. The van der Waals surface area contributed by atoms with Gasteiger partial charge in [-0.1, -0.05) is 20.3 Å². The maximum atomic E-state index is 5.73. The van der Waals surface area contributed by atoms with E-state index in [4.69, 9.17) is 23.4 Å². The van der Waals surface area contributed by atoms with Crippen molar-refractivity contribution in [3.05, 3.63) is 0 Å². The molecule has 1 atom stereocenters. The van der Waals surface area contributed by atoms with Crippen molar-refractivity contribution in [1.82, 2.24) is 0 Å². The van der Waals surface area contributed by atoms with Crippen molar-refractivity contribution < 1.29 is 23.4 Å². The minimum Gasteiger partial charge on any atom is -0.379 e. The van der Waals surface area contributed by atoms with E-state index in [0.29, 0.717) is 19.3 Å². The third-order valence-corrected chi connectivity index (χ3v) is 4.11. The normalized spacial score (nSPS) is 18.4. The van der Waals surface area contributed by atoms with Crippen molar-refractivity contribution in [3.8, 4) is 0 Å². The van der Waals surface area contributed by atoms with Crippen molar-refractivity contribution >= 4 is 9.76 Å². The van der Waals surface area contributed by atoms with Gasteiger partial charge in [-0.25, -0.2) is 0 Å². The lowest BCUT2D eigenvalue weighted by atomic mass is 10.3. The van der Waals surface area contributed by atoms with E-state index >= 15 is 0 Å². The molecule has 0 N–H and O–H groups in total. The molecule has 1 heterocycles. The quantitative estimate of drug-likeness (QED) is 0.200. The van der Waals surface area contributed by atoms with Crippen LogP contribution < -0.4 is 0 Å². The fraction of sp³-hybridized carbons (Fsp3) is 1.00. The highest BCUT2D eigenvalue weighted by molar-refractivity contribution is 6.27. The van der Waals surface area contributed by atoms with Gasteiger partial charge in [-0.2, -0.15) is 0 Å². The third kappa shape index (κ3) is 10.8. The average molecular weight is 306 g/mol. The van der Waals surface area contributed by atoms with Crippen LogP contribution in [0.25, 0.3) is 0 Å². The van der Waals surface area contributed by atoms with E-state index in [0.717, 1.165) is 51.5 Å². The summed E-state index contributed by atoms with van der Waals surface area (Å²) >= 11 is 0. The molecule has 0 aromatic carbocycles. The van der Waals surface area contributed by atoms with Gasteiger partial charge >= 0.3 is 0 Å². The Hall–Kier alpha value is 0.0169. The van der Waals surface area contributed by atoms with Crippen LogP contribution in [0.3, 0.4) is 0 Å². The van der Waals surface area contributed by atoms with Gasteiger partial charge in [0, 0.05) is 6.61 Å². The monoisotopic (exact) mass is 306 g/mol. The summed E-state index contributed by atoms with van der Waals surface area (Å²) in [5.74, 6) is 0. The summed E-state index contributed by atoms with van der Waals surface area (Å²) in [5, 5.41) is 0. The lowest BCUT2D eigenvalue weighted by Gasteiger charge is -2.18. The maximum Gasteiger partial charge on any atom is 0.261 e. The molecule has 0 amide bonds. The van der Waals surface area contributed by atoms with Gasteiger partial charge in [0.1, 0.15) is 6.10 Å². The van der Waals surface area contributed by atoms with Crippen LogP contribution >= 0.6 is 0 Å². The van der Waals surface area contributed by atoms with Crippen molar-refractivity contribution in [2.24, 2.45) is 0 Å². The Morgan fingerprint density at radius 1 is 1.10 bits per heavy atom. The van der Waals surface area contributed by atoms with Gasteiger partial charge in [-0.05, 0) is 25.3 Å². The Labute approximate surface area is 125 Å². The number of rotatable bonds is 15. The zero-order valence-electron chi connectivity index (χ0n) is 13.0. The Morgan fingerprint density at radius 3 is 2.40 bits per heavy atom. The largest absolute Gasteiger partial charge is 0.379 e. The molecule has 0 bridgehead atoms. The summed E-state index contributed by atoms with van der Waals surface area (Å²) < 4.78 is 27.4. The summed E-state index contributed by atoms with van der Waals surface area (Å²) in [4.78, 5) is 0. The molecule has 0 saturated carbocycles. The molecule has 1 rings (SSSR count). The first kappa shape index (κ1) is 18.1. The van der Waals surface area contributed by atoms with Crippen molar-refractivity contribution in [3.63, 3.8) is 0 Å². The van der Waals surface area contributed by atoms with E-state index in [1.807, 2.05) is 0 Å². The summed E-state index contributed by atoms with van der Waals surface area (Å²) in [6.45, 7) is 7.58. The molecular formula is C14H30O5Si. The Kier molecular flexibility index (Phi) is 11.5. The van der Waals surface area contributed by atoms with Crippen LogP contribution in [-0.4, -0.2) is 55.4 Å². The molecule has 5 nitrogen and oxygen atoms in total. The number of unbranched alkanes of at least 4 members (excludes halogenated alkanes) is 1. The van der Waals surface area contributed by atoms with Gasteiger partial charge in [-0.15, -0.1) is 0 Å². The summed E-state index contributed by atoms with van der Waals surface area (Å²) in [5.41, 5.74) is 0. The van der Waals surface area contributed by atoms with E-state index in [-0.39, 0.29) is 0 Å². The molecule has 1 aliphatic heterocycles. The predicted octanol–water partition coefficient (Wildman–Crippen LogP) is 1.84. The highest BCUT2D eigenvalue weighted by atomic mass is 28.2. The Morgan fingerprint density at radius 2 is 1.80 bits per heavy atom. The van der Waals surface area contributed by atoms with Crippen LogP contribution in [0.15, 0.2) is 0 Å². The van der Waals surface area contributed by atoms with E-state index in [9.17, 15) is 0 Å². The number of ether oxygens (including phenoxy) is 4. The average Bonchev–Trinajstić information content (AvgIpc) is 3.28. The van der Waals surface area contributed by atoms with Gasteiger partial charge < -0.3 is 23.4 Å². The number of epoxide rings is 1. The van der Waals surface area contributed by atoms with E-state index in [2.05, 4.69) is 13.8 Å². The first-order valence-corrected chi connectivity index (χ1v) is 9.48. The zero-order valence-corrected chi connectivity index (χ0v) is 14.4. The summed E-state index contributed by atoms with van der Waals surface area (Å²) in [6, 6.07) is 1.14. The van der Waals surface area contributed by atoms with Crippen molar-refractivity contribution in [2.45, 2.75) is 58.2 Å². The minimum absolute atomic E-state index is 0.375. The molecule has 0 aliphatic carbocycles. The standard InChI is InChI=1S/C14H30O5Si/c1-3-7-16-14(17-8-4-2)19-20-10-6-5-9-15-11-13-12-18-13/h13-14H,3-12,20H2,1-2H3. The van der Waals surface area contributed by atoms with Crippen LogP contribution in [0.4, 0.5) is 0 Å². The third-order valence-electron chi connectivity index (χ3n) is 2.81. The molecule has 0 aromatic heterocycles. The lowest BCUT2D eigenvalue weighted by molar-refractivity contribution is -0.247. The van der Waals surface area contributed by atoms with Crippen LogP contribution in [0.1, 0.15) is 39.5 Å². The van der Waals surface area contributed by atoms with Crippen molar-refractivity contribution in [2.75, 3.05) is 33.0 Å². The van der Waals surface area contributed by atoms with Gasteiger partial charge in [-0.3, -0.25) is 0 Å². The second-order valence-corrected chi connectivity index (χ2v) is 6.44. The highest BCUT2D eigenvalue weighted by Crippen LogP contribution is 2.09. The van der Waals surface area contributed by atoms with Crippen LogP contribution in [0, 0.1) is 0 Å². The minimum atomic E-state index is -0.560. The number of hydrogen-bond donors (Lipinski definition) is 0. The highest BCUT2D eigenvalue weighted by Gasteiger charge is 2.21. The molecule has 1 unspecified atom stereocenters. The van der Waals surface area contributed by atoms with Gasteiger partial charge in [0.25, 0.3) is 6.48 Å². The fourth-order valence-electron chi connectivity index (χ4n) is 1.61. The van der Waals surface area contributed by atoms with Crippen molar-refractivity contribution in [1.29, 1.82) is 0 Å². The summed E-state index contributed by atoms with van der Waals surface area (Å²) in [7, 11) is -0.560. The topological polar surface area (TPSA) is 49.5 Å². The molecule has 0 spiro atoms. The molecule has 6 heteroatoms. The van der Waals surface area contributed by atoms with E-state index < -0.39 is 16.2 Å². The van der Waals surface area contributed by atoms with Gasteiger partial charge in [0.05, 0.1) is 26.4 Å². The van der Waals surface area contributed by atoms with E-state index in [1.54, 1.807) is 0 Å². The maximum absolute atomic E-state index is 5.73. The van der Waals surface area contributed by atoms with Crippen LogP contribution in [0.5, 0.6) is 0 Å². The zero-order chi connectivity index (χ0) is 14.5. The number of hydrogen-bond acceptors (Lipinski definition) is 5. The van der Waals surface area contributed by atoms with Crippen LogP contribution in [0.2, 0.25) is 6.04 Å². The Bertz CT molecular complexity index is 206. The smallest absolute Gasteiger partial charge is 0.261 e. The van der Waals surface area contributed by atoms with Gasteiger partial charge in [0.2, 0.25) is 0 Å². The summed E-state index contributed by atoms with van der Waals surface area (Å²) in [6.07, 6.45) is 4.60. The fourth-order valence-corrected chi connectivity index (χ4v) is 2.72. The first-order valence-electron chi connectivity index (χ1n) is 7.91. The molecule has 1 aliphatic rings. The first-order chi connectivity index (χ1) is 9.86. The molecule has 20 heavy (non-hydrogen) atoms. The molecule has 120 valence electrons. The molecule has 1 saturated heterocycles. The van der Waals surface area contributed by atoms with Crippen LogP contribution in [-0.2, 0) is 23.4 Å². The molecular weight excluding hydrogens is 276 g/mol. The lowest BCUT2D eigenvalue weighted by Crippen LogP contribution is -2.24. The Balaban J connectivity index is 1.86. The molecule has 1 fully saturated rings. The predicted molar refractivity (Wildman–Crippen MR) is 80.5 cm³/mol. The second kappa shape index (κ2) is 12.7. The van der Waals surface area contributed by atoms with E-state index in [1.165, 1.54) is 0 Å². The van der Waals surface area contributed by atoms with Gasteiger partial charge in [0.15, 0.2) is 9.76 Å².